The molecule has 0 spiro atoms. The van der Waals surface area contributed by atoms with Gasteiger partial charge in [0.15, 0.2) is 0 Å². The molecular formula is C12H21N3O3. The van der Waals surface area contributed by atoms with Crippen molar-refractivity contribution in [3.63, 3.8) is 0 Å². The second kappa shape index (κ2) is 6.49. The van der Waals surface area contributed by atoms with Gasteiger partial charge in [0.25, 0.3) is 5.91 Å². The molecule has 0 aromatic carbocycles. The van der Waals surface area contributed by atoms with Crippen molar-refractivity contribution in [1.29, 1.82) is 0 Å². The third-order valence-electron chi connectivity index (χ3n) is 3.09. The van der Waals surface area contributed by atoms with Crippen LogP contribution in [0.3, 0.4) is 0 Å². The van der Waals surface area contributed by atoms with E-state index in [9.17, 15) is 14.4 Å². The van der Waals surface area contributed by atoms with Gasteiger partial charge < -0.3 is 16.4 Å². The van der Waals surface area contributed by atoms with E-state index in [0.29, 0.717) is 13.0 Å². The minimum absolute atomic E-state index is 0.105. The Bertz CT molecular complexity index is 341. The normalized spacial score (nSPS) is 22.0. The highest BCUT2D eigenvalue weighted by molar-refractivity contribution is 6.38. The highest BCUT2D eigenvalue weighted by atomic mass is 16.2. The van der Waals surface area contributed by atoms with Crippen LogP contribution in [0, 0.1) is 5.92 Å². The molecular weight excluding hydrogens is 234 g/mol. The number of carbonyl (C=O) groups is 3. The molecule has 0 unspecified atom stereocenters. The average Bonchev–Trinajstić information content (AvgIpc) is 2.53. The summed E-state index contributed by atoms with van der Waals surface area (Å²) in [5.41, 5.74) is 5.62. The van der Waals surface area contributed by atoms with Crippen LogP contribution in [0.5, 0.6) is 0 Å². The molecule has 18 heavy (non-hydrogen) atoms. The summed E-state index contributed by atoms with van der Waals surface area (Å²) in [4.78, 5) is 35.0. The molecule has 1 heterocycles. The molecule has 0 saturated carbocycles. The number of rotatable bonds is 4. The number of hydrogen-bond acceptors (Lipinski definition) is 4. The highest BCUT2D eigenvalue weighted by Crippen LogP contribution is 2.06. The molecule has 1 aliphatic heterocycles. The molecule has 6 heteroatoms. The van der Waals surface area contributed by atoms with Crippen LogP contribution in [0.1, 0.15) is 33.1 Å². The summed E-state index contributed by atoms with van der Waals surface area (Å²) in [6, 6.07) is -1.44. The van der Waals surface area contributed by atoms with Gasteiger partial charge in [0, 0.05) is 6.54 Å². The third kappa shape index (κ3) is 3.80. The van der Waals surface area contributed by atoms with Crippen molar-refractivity contribution in [2.24, 2.45) is 11.7 Å². The highest BCUT2D eigenvalue weighted by Gasteiger charge is 2.29. The molecule has 0 aromatic heterocycles. The molecule has 1 fully saturated rings. The lowest BCUT2D eigenvalue weighted by atomic mass is 10.00. The van der Waals surface area contributed by atoms with E-state index in [4.69, 9.17) is 5.73 Å². The van der Waals surface area contributed by atoms with E-state index in [0.717, 1.165) is 12.8 Å². The van der Waals surface area contributed by atoms with E-state index in [1.807, 2.05) is 0 Å². The lowest BCUT2D eigenvalue weighted by Crippen LogP contribution is -2.51. The molecule has 1 saturated heterocycles. The number of amides is 2. The lowest BCUT2D eigenvalue weighted by molar-refractivity contribution is -0.140. The zero-order valence-corrected chi connectivity index (χ0v) is 10.9. The molecule has 2 atom stereocenters. The number of Topliss-reactive ketones (excluding diaryl/α,β-unsaturated/α-hetero) is 1. The first-order chi connectivity index (χ1) is 8.43. The van der Waals surface area contributed by atoms with Gasteiger partial charge in [-0.2, -0.15) is 0 Å². The number of ketones is 1. The zero-order valence-electron chi connectivity index (χ0n) is 10.9. The van der Waals surface area contributed by atoms with Crippen molar-refractivity contribution in [3.8, 4) is 0 Å². The second-order valence-electron chi connectivity index (χ2n) is 4.95. The molecule has 0 aliphatic carbocycles. The number of hydrogen-bond donors (Lipinski definition) is 3. The molecule has 102 valence electrons. The van der Waals surface area contributed by atoms with E-state index in [2.05, 4.69) is 10.6 Å². The largest absolute Gasteiger partial charge is 0.354 e. The summed E-state index contributed by atoms with van der Waals surface area (Å²) in [5.74, 6) is -1.77. The fourth-order valence-electron chi connectivity index (χ4n) is 1.76. The summed E-state index contributed by atoms with van der Waals surface area (Å²) in [6.45, 7) is 4.16. The Kier molecular flexibility index (Phi) is 5.27. The Morgan fingerprint density at radius 2 is 2.06 bits per heavy atom. The van der Waals surface area contributed by atoms with Gasteiger partial charge >= 0.3 is 0 Å². The van der Waals surface area contributed by atoms with E-state index in [1.54, 1.807) is 13.8 Å². The molecule has 0 radical (unpaired) electrons. The zero-order chi connectivity index (χ0) is 13.7. The van der Waals surface area contributed by atoms with Crippen molar-refractivity contribution in [2.75, 3.05) is 6.54 Å². The van der Waals surface area contributed by atoms with E-state index >= 15 is 0 Å². The fraction of sp³-hybridized carbons (Fsp3) is 0.750. The quantitative estimate of drug-likeness (QED) is 0.579. The SMILES string of the molecule is CC(C)[C@H](N)C(=O)C(=O)N[C@H]1CCCCNC1=O. The van der Waals surface area contributed by atoms with Gasteiger partial charge in [-0.05, 0) is 25.2 Å². The Morgan fingerprint density at radius 3 is 2.67 bits per heavy atom. The molecule has 0 bridgehead atoms. The van der Waals surface area contributed by atoms with Gasteiger partial charge in [-0.15, -0.1) is 0 Å². The maximum absolute atomic E-state index is 11.7. The van der Waals surface area contributed by atoms with Crippen molar-refractivity contribution < 1.29 is 14.4 Å². The molecule has 1 rings (SSSR count). The monoisotopic (exact) mass is 255 g/mol. The van der Waals surface area contributed by atoms with Crippen molar-refractivity contribution in [3.05, 3.63) is 0 Å². The number of nitrogens with two attached hydrogens (primary N) is 1. The van der Waals surface area contributed by atoms with Gasteiger partial charge in [0.05, 0.1) is 6.04 Å². The summed E-state index contributed by atoms with van der Waals surface area (Å²) < 4.78 is 0. The number of nitrogens with one attached hydrogen (secondary N) is 2. The smallest absolute Gasteiger partial charge is 0.289 e. The van der Waals surface area contributed by atoms with Gasteiger partial charge in [-0.3, -0.25) is 14.4 Å². The maximum atomic E-state index is 11.7. The summed E-state index contributed by atoms with van der Waals surface area (Å²) in [7, 11) is 0. The molecule has 2 amide bonds. The van der Waals surface area contributed by atoms with Crippen LogP contribution in [0.2, 0.25) is 0 Å². The molecule has 1 aliphatic rings. The Balaban J connectivity index is 2.57. The summed E-state index contributed by atoms with van der Waals surface area (Å²) >= 11 is 0. The Labute approximate surface area is 107 Å². The summed E-state index contributed by atoms with van der Waals surface area (Å²) in [6.07, 6.45) is 2.29. The molecule has 4 N–H and O–H groups in total. The van der Waals surface area contributed by atoms with Crippen LogP contribution < -0.4 is 16.4 Å². The van der Waals surface area contributed by atoms with E-state index in [1.165, 1.54) is 0 Å². The van der Waals surface area contributed by atoms with Gasteiger partial charge in [0.2, 0.25) is 11.7 Å². The molecule has 0 aromatic rings. The van der Waals surface area contributed by atoms with Crippen LogP contribution in [0.15, 0.2) is 0 Å². The average molecular weight is 255 g/mol. The van der Waals surface area contributed by atoms with Gasteiger partial charge in [-0.25, -0.2) is 0 Å². The fourth-order valence-corrected chi connectivity index (χ4v) is 1.76. The van der Waals surface area contributed by atoms with E-state index < -0.39 is 23.8 Å². The first-order valence-electron chi connectivity index (χ1n) is 6.31. The third-order valence-corrected chi connectivity index (χ3v) is 3.09. The predicted octanol–water partition coefficient (Wildman–Crippen LogP) is -0.676. The van der Waals surface area contributed by atoms with Crippen molar-refractivity contribution in [1.82, 2.24) is 10.6 Å². The van der Waals surface area contributed by atoms with Crippen LogP contribution in [-0.4, -0.2) is 36.2 Å². The topological polar surface area (TPSA) is 101 Å². The van der Waals surface area contributed by atoms with Crippen molar-refractivity contribution >= 4 is 17.6 Å². The Morgan fingerprint density at radius 1 is 1.39 bits per heavy atom. The standard InChI is InChI=1S/C12H21N3O3/c1-7(2)9(13)10(16)12(18)15-8-5-3-4-6-14-11(8)17/h7-9H,3-6,13H2,1-2H3,(H,14,17)(H,15,18)/t8-,9-/m0/s1. The van der Waals surface area contributed by atoms with Crippen LogP contribution >= 0.6 is 0 Å². The van der Waals surface area contributed by atoms with Gasteiger partial charge in [-0.1, -0.05) is 13.8 Å². The Hall–Kier alpha value is -1.43. The first-order valence-corrected chi connectivity index (χ1v) is 6.31. The lowest BCUT2D eigenvalue weighted by Gasteiger charge is -2.17. The number of carbonyl (C=O) groups excluding carboxylic acids is 3. The second-order valence-corrected chi connectivity index (χ2v) is 4.95. The minimum atomic E-state index is -0.821. The van der Waals surface area contributed by atoms with Crippen LogP contribution in [0.4, 0.5) is 0 Å². The predicted molar refractivity (Wildman–Crippen MR) is 66.6 cm³/mol. The van der Waals surface area contributed by atoms with E-state index in [-0.39, 0.29) is 11.8 Å². The van der Waals surface area contributed by atoms with Crippen molar-refractivity contribution in [2.45, 2.75) is 45.2 Å². The summed E-state index contributed by atoms with van der Waals surface area (Å²) in [5, 5.41) is 5.16. The van der Waals surface area contributed by atoms with Gasteiger partial charge in [0.1, 0.15) is 6.04 Å². The van der Waals surface area contributed by atoms with Crippen LogP contribution in [0.25, 0.3) is 0 Å². The molecule has 6 nitrogen and oxygen atoms in total. The first kappa shape index (κ1) is 14.6. The maximum Gasteiger partial charge on any atom is 0.289 e. The van der Waals surface area contributed by atoms with Crippen LogP contribution in [-0.2, 0) is 14.4 Å². The minimum Gasteiger partial charge on any atom is -0.354 e.